The van der Waals surface area contributed by atoms with E-state index >= 15 is 0 Å². The number of hydrogen-bond donors (Lipinski definition) is 0. The van der Waals surface area contributed by atoms with Crippen LogP contribution < -0.4 is 0 Å². The Morgan fingerprint density at radius 2 is 2.25 bits per heavy atom. The van der Waals surface area contributed by atoms with E-state index in [1.165, 1.54) is 0 Å². The van der Waals surface area contributed by atoms with Gasteiger partial charge in [-0.1, -0.05) is 0 Å². The lowest BCUT2D eigenvalue weighted by Crippen LogP contribution is -1.90. The summed E-state index contributed by atoms with van der Waals surface area (Å²) in [7, 11) is 1.69. The molecule has 64 valence electrons. The Hall–Kier alpha value is -1.25. The first kappa shape index (κ1) is 8.84. The summed E-state index contributed by atoms with van der Waals surface area (Å²) in [6, 6.07) is 4.13. The van der Waals surface area contributed by atoms with Crippen molar-refractivity contribution < 1.29 is 0 Å². The van der Waals surface area contributed by atoms with Gasteiger partial charge in [0.05, 0.1) is 6.04 Å². The molecule has 0 aliphatic heterocycles. The molecule has 0 saturated heterocycles. The van der Waals surface area contributed by atoms with Crippen LogP contribution >= 0.6 is 0 Å². The number of nitrogens with zero attached hydrogens (tertiary/aromatic N) is 3. The van der Waals surface area contributed by atoms with Crippen LogP contribution in [0.15, 0.2) is 28.6 Å². The molecule has 0 fully saturated rings. The lowest BCUT2D eigenvalue weighted by atomic mass is 10.1. The first-order valence-corrected chi connectivity index (χ1v) is 3.95. The lowest BCUT2D eigenvalue weighted by molar-refractivity contribution is 0.749. The fraction of sp³-hybridized carbons (Fsp3) is 0.444. The highest BCUT2D eigenvalue weighted by atomic mass is 15.1. The van der Waals surface area contributed by atoms with Crippen molar-refractivity contribution in [3.63, 3.8) is 0 Å². The van der Waals surface area contributed by atoms with Gasteiger partial charge in [0.1, 0.15) is 0 Å². The molecule has 1 aromatic heterocycles. The summed E-state index contributed by atoms with van der Waals surface area (Å²) in [5, 5.41) is 7.78. The average molecular weight is 163 g/mol. The molecule has 0 saturated carbocycles. The zero-order chi connectivity index (χ0) is 8.97. The van der Waals surface area contributed by atoms with Crippen LogP contribution in [0.2, 0.25) is 0 Å². The Kier molecular flexibility index (Phi) is 2.91. The Labute approximate surface area is 72.6 Å². The molecule has 0 aliphatic carbocycles. The number of hydrogen-bond acceptors (Lipinski definition) is 3. The smallest absolute Gasteiger partial charge is 0.0930 e. The predicted octanol–water partition coefficient (Wildman–Crippen LogP) is 2.53. The van der Waals surface area contributed by atoms with Gasteiger partial charge in [0.2, 0.25) is 0 Å². The van der Waals surface area contributed by atoms with Gasteiger partial charge in [0, 0.05) is 18.9 Å². The second-order valence-electron chi connectivity index (χ2n) is 2.72. The normalized spacial score (nSPS) is 13.6. The van der Waals surface area contributed by atoms with Crippen LogP contribution in [0.1, 0.15) is 24.2 Å². The van der Waals surface area contributed by atoms with Crippen molar-refractivity contribution in [2.45, 2.75) is 19.9 Å². The number of rotatable bonds is 2. The molecule has 0 N–H and O–H groups in total. The first-order valence-electron chi connectivity index (χ1n) is 3.95. The summed E-state index contributed by atoms with van der Waals surface area (Å²) in [5.74, 6) is 0. The molecule has 1 heterocycles. The van der Waals surface area contributed by atoms with Crippen LogP contribution in [-0.4, -0.2) is 12.0 Å². The zero-order valence-electron chi connectivity index (χ0n) is 7.65. The maximum atomic E-state index is 4.11. The molecule has 0 aromatic carbocycles. The van der Waals surface area contributed by atoms with Crippen molar-refractivity contribution >= 4 is 0 Å². The average Bonchev–Trinajstić information content (AvgIpc) is 2.05. The second kappa shape index (κ2) is 3.95. The number of aromatic nitrogens is 1. The monoisotopic (exact) mass is 163 g/mol. The van der Waals surface area contributed by atoms with Gasteiger partial charge in [-0.25, -0.2) is 0 Å². The van der Waals surface area contributed by atoms with Crippen LogP contribution in [0.5, 0.6) is 0 Å². The number of aryl methyl sites for hydroxylation is 1. The van der Waals surface area contributed by atoms with Gasteiger partial charge in [0.15, 0.2) is 0 Å². The summed E-state index contributed by atoms with van der Waals surface area (Å²) in [4.78, 5) is 4.11. The van der Waals surface area contributed by atoms with Gasteiger partial charge in [-0.05, 0) is 31.5 Å². The summed E-state index contributed by atoms with van der Waals surface area (Å²) < 4.78 is 0. The third-order valence-corrected chi connectivity index (χ3v) is 1.69. The van der Waals surface area contributed by atoms with E-state index in [4.69, 9.17) is 0 Å². The van der Waals surface area contributed by atoms with Crippen LogP contribution in [0.4, 0.5) is 0 Å². The largest absolute Gasteiger partial charge is 0.262 e. The predicted molar refractivity (Wildman–Crippen MR) is 48.2 cm³/mol. The highest BCUT2D eigenvalue weighted by Gasteiger charge is 2.02. The van der Waals surface area contributed by atoms with Crippen LogP contribution in [0.3, 0.4) is 0 Å². The first-order chi connectivity index (χ1) is 5.74. The molecule has 0 radical (unpaired) electrons. The van der Waals surface area contributed by atoms with Gasteiger partial charge >= 0.3 is 0 Å². The summed E-state index contributed by atoms with van der Waals surface area (Å²) in [6.45, 7) is 3.99. The fourth-order valence-electron chi connectivity index (χ4n) is 1.07. The quantitative estimate of drug-likeness (QED) is 0.617. The van der Waals surface area contributed by atoms with Crippen LogP contribution in [0, 0.1) is 6.92 Å². The SMILES string of the molecule is CN=NC(C)c1ccnc(C)c1. The van der Waals surface area contributed by atoms with E-state index in [1.807, 2.05) is 26.0 Å². The van der Waals surface area contributed by atoms with Crippen molar-refractivity contribution in [2.24, 2.45) is 10.2 Å². The summed E-state index contributed by atoms with van der Waals surface area (Å²) in [5.41, 5.74) is 2.18. The molecule has 3 nitrogen and oxygen atoms in total. The Bertz CT molecular complexity index is 281. The molecule has 1 atom stereocenters. The highest BCUT2D eigenvalue weighted by molar-refractivity contribution is 5.18. The molecule has 3 heteroatoms. The van der Waals surface area contributed by atoms with Crippen molar-refractivity contribution in [3.8, 4) is 0 Å². The van der Waals surface area contributed by atoms with Crippen LogP contribution in [0.25, 0.3) is 0 Å². The van der Waals surface area contributed by atoms with Crippen molar-refractivity contribution in [1.29, 1.82) is 0 Å². The van der Waals surface area contributed by atoms with E-state index < -0.39 is 0 Å². The molecule has 0 amide bonds. The van der Waals surface area contributed by atoms with Crippen molar-refractivity contribution in [1.82, 2.24) is 4.98 Å². The topological polar surface area (TPSA) is 37.6 Å². The standard InChI is InChI=1S/C9H13N3/c1-7-6-9(4-5-11-7)8(2)12-10-3/h4-6,8H,1-3H3. The molecule has 1 rings (SSSR count). The van der Waals surface area contributed by atoms with Gasteiger partial charge < -0.3 is 0 Å². The van der Waals surface area contributed by atoms with E-state index in [2.05, 4.69) is 15.2 Å². The molecule has 0 spiro atoms. The Morgan fingerprint density at radius 1 is 1.50 bits per heavy atom. The molecule has 0 bridgehead atoms. The molecule has 0 aliphatic rings. The fourth-order valence-corrected chi connectivity index (χ4v) is 1.07. The van der Waals surface area contributed by atoms with E-state index in [0.717, 1.165) is 11.3 Å². The van der Waals surface area contributed by atoms with E-state index in [0.29, 0.717) is 0 Å². The summed E-state index contributed by atoms with van der Waals surface area (Å²) >= 11 is 0. The van der Waals surface area contributed by atoms with Gasteiger partial charge in [0.25, 0.3) is 0 Å². The van der Waals surface area contributed by atoms with E-state index in [9.17, 15) is 0 Å². The van der Waals surface area contributed by atoms with Crippen molar-refractivity contribution in [3.05, 3.63) is 29.6 Å². The summed E-state index contributed by atoms with van der Waals surface area (Å²) in [6.07, 6.45) is 1.80. The number of pyridine rings is 1. The third-order valence-electron chi connectivity index (χ3n) is 1.69. The maximum Gasteiger partial charge on any atom is 0.0930 e. The molecular weight excluding hydrogens is 150 g/mol. The van der Waals surface area contributed by atoms with Crippen LogP contribution in [-0.2, 0) is 0 Å². The maximum absolute atomic E-state index is 4.11. The third kappa shape index (κ3) is 2.12. The van der Waals surface area contributed by atoms with Gasteiger partial charge in [-0.3, -0.25) is 4.98 Å². The Morgan fingerprint density at radius 3 is 2.83 bits per heavy atom. The van der Waals surface area contributed by atoms with Gasteiger partial charge in [-0.15, -0.1) is 0 Å². The van der Waals surface area contributed by atoms with Gasteiger partial charge in [-0.2, -0.15) is 10.2 Å². The Balaban J connectivity index is 2.87. The zero-order valence-corrected chi connectivity index (χ0v) is 7.65. The molecular formula is C9H13N3. The minimum atomic E-state index is 0.136. The number of azo groups is 1. The lowest BCUT2D eigenvalue weighted by Gasteiger charge is -2.04. The van der Waals surface area contributed by atoms with E-state index in [-0.39, 0.29) is 6.04 Å². The van der Waals surface area contributed by atoms with Crippen molar-refractivity contribution in [2.75, 3.05) is 7.05 Å². The second-order valence-corrected chi connectivity index (χ2v) is 2.72. The minimum Gasteiger partial charge on any atom is -0.262 e. The van der Waals surface area contributed by atoms with E-state index in [1.54, 1.807) is 13.2 Å². The highest BCUT2D eigenvalue weighted by Crippen LogP contribution is 2.16. The minimum absolute atomic E-state index is 0.136. The molecule has 1 unspecified atom stereocenters. The molecule has 12 heavy (non-hydrogen) atoms. The molecule has 1 aromatic rings.